The number of hydrogen-bond acceptors (Lipinski definition) is 2. The van der Waals surface area contributed by atoms with Crippen LogP contribution in [0.2, 0.25) is 0 Å². The number of fused-ring (bicyclic) bond motifs is 6. The van der Waals surface area contributed by atoms with Crippen LogP contribution in [0.1, 0.15) is 0 Å². The third kappa shape index (κ3) is 5.31. The van der Waals surface area contributed by atoms with Crippen molar-refractivity contribution in [3.05, 3.63) is 206 Å². The molecule has 262 valence electrons. The number of aromatic nitrogens is 4. The molecule has 4 heteroatoms. The van der Waals surface area contributed by atoms with Gasteiger partial charge in [-0.15, -0.1) is 0 Å². The highest BCUT2D eigenvalue weighted by Crippen LogP contribution is 2.40. The Kier molecular flexibility index (Phi) is 7.46. The van der Waals surface area contributed by atoms with Crippen molar-refractivity contribution < 1.29 is 0 Å². The summed E-state index contributed by atoms with van der Waals surface area (Å²) in [4.78, 5) is 10.3. The fraction of sp³-hybridized carbons (Fsp3) is 0. The van der Waals surface area contributed by atoms with Crippen molar-refractivity contribution in [3.63, 3.8) is 0 Å². The van der Waals surface area contributed by atoms with Gasteiger partial charge in [0, 0.05) is 49.6 Å². The van der Waals surface area contributed by atoms with E-state index < -0.39 is 0 Å². The highest BCUT2D eigenvalue weighted by atomic mass is 15.0. The summed E-state index contributed by atoms with van der Waals surface area (Å²) >= 11 is 0. The van der Waals surface area contributed by atoms with Gasteiger partial charge in [0.1, 0.15) is 0 Å². The molecule has 0 saturated carbocycles. The Bertz CT molecular complexity index is 3200. The first-order chi connectivity index (χ1) is 27.8. The molecule has 0 amide bonds. The van der Waals surface area contributed by atoms with E-state index in [9.17, 15) is 0 Å². The van der Waals surface area contributed by atoms with Crippen LogP contribution in [0, 0.1) is 0 Å². The smallest absolute Gasteiger partial charge is 0.160 e. The molecule has 0 fully saturated rings. The predicted octanol–water partition coefficient (Wildman–Crippen LogP) is 13.3. The molecule has 11 rings (SSSR count). The Morgan fingerprint density at radius 3 is 1.21 bits per heavy atom. The van der Waals surface area contributed by atoms with Crippen molar-refractivity contribution in [2.75, 3.05) is 0 Å². The van der Waals surface area contributed by atoms with E-state index in [0.717, 1.165) is 39.5 Å². The highest BCUT2D eigenvalue weighted by molar-refractivity contribution is 6.19. The minimum atomic E-state index is 0.692. The maximum atomic E-state index is 5.16. The van der Waals surface area contributed by atoms with Crippen LogP contribution < -0.4 is 0 Å². The second kappa shape index (κ2) is 13.1. The minimum Gasteiger partial charge on any atom is -0.309 e. The summed E-state index contributed by atoms with van der Waals surface area (Å²) in [6, 6.07) is 73.1. The van der Waals surface area contributed by atoms with E-state index in [4.69, 9.17) is 9.97 Å². The summed E-state index contributed by atoms with van der Waals surface area (Å²) in [7, 11) is 0. The van der Waals surface area contributed by atoms with Gasteiger partial charge in [-0.3, -0.25) is 0 Å². The van der Waals surface area contributed by atoms with E-state index in [1.165, 1.54) is 54.7 Å². The van der Waals surface area contributed by atoms with Crippen molar-refractivity contribution >= 4 is 43.6 Å². The topological polar surface area (TPSA) is 35.6 Å². The average molecular weight is 715 g/mol. The summed E-state index contributed by atoms with van der Waals surface area (Å²) in [5.74, 6) is 0.692. The van der Waals surface area contributed by atoms with E-state index in [-0.39, 0.29) is 0 Å². The molecule has 0 aliphatic rings. The Labute approximate surface area is 324 Å². The van der Waals surface area contributed by atoms with Gasteiger partial charge in [0.2, 0.25) is 0 Å². The number of nitrogens with zero attached hydrogens (tertiary/aromatic N) is 4. The Morgan fingerprint density at radius 2 is 0.661 bits per heavy atom. The van der Waals surface area contributed by atoms with Gasteiger partial charge in [0.05, 0.1) is 33.5 Å². The first-order valence-corrected chi connectivity index (χ1v) is 19.0. The van der Waals surface area contributed by atoms with Crippen LogP contribution in [-0.4, -0.2) is 19.1 Å². The predicted molar refractivity (Wildman–Crippen MR) is 232 cm³/mol. The normalized spacial score (nSPS) is 11.6. The number of hydrogen-bond donors (Lipinski definition) is 0. The van der Waals surface area contributed by atoms with Gasteiger partial charge in [-0.05, 0) is 77.9 Å². The first kappa shape index (κ1) is 31.9. The van der Waals surface area contributed by atoms with Gasteiger partial charge in [0.25, 0.3) is 0 Å². The molecule has 8 aromatic carbocycles. The molecule has 11 aromatic rings. The molecule has 3 heterocycles. The first-order valence-electron chi connectivity index (χ1n) is 19.0. The zero-order chi connectivity index (χ0) is 37.0. The zero-order valence-corrected chi connectivity index (χ0v) is 30.4. The molecule has 0 radical (unpaired) electrons. The van der Waals surface area contributed by atoms with Crippen molar-refractivity contribution in [1.82, 2.24) is 19.1 Å². The van der Waals surface area contributed by atoms with Crippen LogP contribution in [0.15, 0.2) is 206 Å². The molecule has 56 heavy (non-hydrogen) atoms. The summed E-state index contributed by atoms with van der Waals surface area (Å²) in [6.45, 7) is 0. The second-order valence-electron chi connectivity index (χ2n) is 14.2. The maximum absolute atomic E-state index is 5.16. The molecule has 0 spiro atoms. The Balaban J connectivity index is 1.05. The van der Waals surface area contributed by atoms with Crippen molar-refractivity contribution in [3.8, 4) is 56.4 Å². The molecule has 0 unspecified atom stereocenters. The second-order valence-corrected chi connectivity index (χ2v) is 14.2. The molecule has 0 aliphatic heterocycles. The highest BCUT2D eigenvalue weighted by Gasteiger charge is 2.19. The number of para-hydroxylation sites is 3. The Morgan fingerprint density at radius 1 is 0.268 bits per heavy atom. The van der Waals surface area contributed by atoms with Crippen LogP contribution in [0.5, 0.6) is 0 Å². The van der Waals surface area contributed by atoms with Crippen LogP contribution in [0.3, 0.4) is 0 Å². The molecule has 0 atom stereocenters. The van der Waals surface area contributed by atoms with Crippen molar-refractivity contribution in [2.45, 2.75) is 0 Å². The molecular weight excluding hydrogens is 681 g/mol. The van der Waals surface area contributed by atoms with E-state index in [0.29, 0.717) is 5.82 Å². The lowest BCUT2D eigenvalue weighted by atomic mass is 10.0. The summed E-state index contributed by atoms with van der Waals surface area (Å²) in [5, 5.41) is 4.91. The van der Waals surface area contributed by atoms with Crippen LogP contribution >= 0.6 is 0 Å². The van der Waals surface area contributed by atoms with E-state index in [2.05, 4.69) is 203 Å². The van der Waals surface area contributed by atoms with E-state index in [1.807, 2.05) is 12.1 Å². The van der Waals surface area contributed by atoms with Gasteiger partial charge in [-0.25, -0.2) is 9.97 Å². The molecule has 0 saturated heterocycles. The fourth-order valence-corrected chi connectivity index (χ4v) is 8.27. The third-order valence-electron chi connectivity index (χ3n) is 10.9. The molecule has 4 nitrogen and oxygen atoms in total. The molecule has 0 aliphatic carbocycles. The van der Waals surface area contributed by atoms with Crippen LogP contribution in [0.4, 0.5) is 0 Å². The van der Waals surface area contributed by atoms with Gasteiger partial charge >= 0.3 is 0 Å². The lowest BCUT2D eigenvalue weighted by molar-refractivity contribution is 1.16. The number of benzene rings is 8. The van der Waals surface area contributed by atoms with Crippen LogP contribution in [-0.2, 0) is 0 Å². The maximum Gasteiger partial charge on any atom is 0.160 e. The van der Waals surface area contributed by atoms with Gasteiger partial charge in [0.15, 0.2) is 5.82 Å². The largest absolute Gasteiger partial charge is 0.309 e. The summed E-state index contributed by atoms with van der Waals surface area (Å²) in [6.07, 6.45) is 0. The summed E-state index contributed by atoms with van der Waals surface area (Å²) in [5.41, 5.74) is 14.2. The summed E-state index contributed by atoms with van der Waals surface area (Å²) < 4.78 is 4.78. The zero-order valence-electron chi connectivity index (χ0n) is 30.4. The van der Waals surface area contributed by atoms with Crippen LogP contribution in [0.25, 0.3) is 100 Å². The van der Waals surface area contributed by atoms with Gasteiger partial charge in [-0.1, -0.05) is 140 Å². The molecule has 0 bridgehead atoms. The molecule has 3 aromatic heterocycles. The SMILES string of the molecule is c1ccc(-c2ccc(-c3cc(-c4ccccc4)nc(-c4ccc(-n5c6ccccc6c6cc7c(cc65)c5ccccc5n7-c5ccccc5)cc4)n3)cc2)cc1. The van der Waals surface area contributed by atoms with E-state index >= 15 is 0 Å². The molecule has 0 N–H and O–H groups in total. The lowest BCUT2D eigenvalue weighted by Crippen LogP contribution is -1.97. The van der Waals surface area contributed by atoms with Gasteiger partial charge in [-0.2, -0.15) is 0 Å². The fourth-order valence-electron chi connectivity index (χ4n) is 8.27. The Hall–Kier alpha value is -7.56. The quantitative estimate of drug-likeness (QED) is 0.172. The third-order valence-corrected chi connectivity index (χ3v) is 10.9. The number of rotatable bonds is 6. The standard InChI is InChI=1S/C52H34N4/c1-4-14-35(15-5-1)36-24-26-38(27-25-36)47-34-46(37-16-6-2-7-17-37)53-52(54-47)39-28-30-41(31-29-39)56-49-23-13-11-21-43(49)45-32-50-44(33-51(45)56)42-20-10-12-22-48(42)55(50)40-18-8-3-9-19-40/h1-34H. The monoisotopic (exact) mass is 714 g/mol. The van der Waals surface area contributed by atoms with Crippen molar-refractivity contribution in [2.24, 2.45) is 0 Å². The average Bonchev–Trinajstić information content (AvgIpc) is 3.78. The lowest BCUT2D eigenvalue weighted by Gasteiger charge is -2.12. The molecular formula is C52H34N4. The van der Waals surface area contributed by atoms with Crippen molar-refractivity contribution in [1.29, 1.82) is 0 Å². The minimum absolute atomic E-state index is 0.692. The van der Waals surface area contributed by atoms with Gasteiger partial charge < -0.3 is 9.13 Å². The van der Waals surface area contributed by atoms with E-state index in [1.54, 1.807) is 0 Å².